The van der Waals surface area contributed by atoms with Crippen molar-refractivity contribution in [3.63, 3.8) is 0 Å². The third-order valence-corrected chi connectivity index (χ3v) is 8.10. The van der Waals surface area contributed by atoms with Gasteiger partial charge in [-0.25, -0.2) is 4.39 Å². The van der Waals surface area contributed by atoms with Crippen molar-refractivity contribution in [1.82, 2.24) is 20.8 Å². The summed E-state index contributed by atoms with van der Waals surface area (Å²) in [4.78, 5) is 28.0. The highest BCUT2D eigenvalue weighted by Gasteiger charge is 2.34. The fourth-order valence-corrected chi connectivity index (χ4v) is 5.85. The van der Waals surface area contributed by atoms with Crippen LogP contribution in [0, 0.1) is 5.82 Å². The molecule has 216 valence electrons. The largest absolute Gasteiger partial charge is 0.493 e. The van der Waals surface area contributed by atoms with Crippen LogP contribution in [0.25, 0.3) is 10.6 Å². The Morgan fingerprint density at radius 3 is 2.74 bits per heavy atom. The molecule has 2 aliphatic rings. The molecule has 4 bridgehead atoms. The molecule has 1 fully saturated rings. The van der Waals surface area contributed by atoms with E-state index in [0.29, 0.717) is 42.1 Å². The van der Waals surface area contributed by atoms with E-state index in [-0.39, 0.29) is 24.8 Å². The zero-order valence-electron chi connectivity index (χ0n) is 22.7. The number of nitrogens with one attached hydrogen (secondary N) is 2. The summed E-state index contributed by atoms with van der Waals surface area (Å²) >= 11 is 1.48. The molecule has 1 saturated heterocycles. The highest BCUT2D eigenvalue weighted by atomic mass is 32.1. The maximum absolute atomic E-state index is 14.5. The van der Waals surface area contributed by atoms with Gasteiger partial charge in [-0.15, -0.1) is 10.2 Å². The normalized spacial score (nSPS) is 19.0. The molecule has 3 heterocycles. The van der Waals surface area contributed by atoms with E-state index >= 15 is 0 Å². The van der Waals surface area contributed by atoms with Gasteiger partial charge >= 0.3 is 0 Å². The number of aromatic nitrogens is 2. The van der Waals surface area contributed by atoms with Gasteiger partial charge in [-0.2, -0.15) is 0 Å². The molecular weight excluding hydrogens is 561 g/mol. The molecule has 3 aromatic carbocycles. The van der Waals surface area contributed by atoms with E-state index < -0.39 is 23.9 Å². The zero-order chi connectivity index (χ0) is 29.1. The van der Waals surface area contributed by atoms with Crippen LogP contribution in [0.4, 0.5) is 9.52 Å². The second kappa shape index (κ2) is 12.0. The summed E-state index contributed by atoms with van der Waals surface area (Å²) in [5, 5.41) is 16.2. The first-order valence-electron chi connectivity index (χ1n) is 13.4. The topological polar surface area (TPSA) is 115 Å². The van der Waals surface area contributed by atoms with Crippen molar-refractivity contribution in [3.05, 3.63) is 83.7 Å². The lowest BCUT2D eigenvalue weighted by atomic mass is 10.0. The van der Waals surface area contributed by atoms with Crippen LogP contribution in [0.1, 0.15) is 22.3 Å². The summed E-state index contributed by atoms with van der Waals surface area (Å²) in [6.45, 7) is 0.774. The average Bonchev–Trinajstić information content (AvgIpc) is 3.50. The van der Waals surface area contributed by atoms with Crippen LogP contribution >= 0.6 is 11.3 Å². The Kier molecular flexibility index (Phi) is 7.87. The van der Waals surface area contributed by atoms with Crippen molar-refractivity contribution in [3.8, 4) is 27.8 Å². The number of amides is 2. The molecule has 4 aromatic rings. The summed E-state index contributed by atoms with van der Waals surface area (Å²) < 4.78 is 31.9. The Labute approximate surface area is 245 Å². The minimum Gasteiger partial charge on any atom is -0.493 e. The SMILES string of the molecule is COc1ccc2cc1OCC(=O)NCc1cc(F)cc(c1)O[C@@H]1CCN(c3nnc(-c4ccccc4)s3)C[C@@H]1NC2=O. The molecule has 0 saturated carbocycles. The van der Waals surface area contributed by atoms with Gasteiger partial charge in [0.15, 0.2) is 18.1 Å². The van der Waals surface area contributed by atoms with Gasteiger partial charge < -0.3 is 29.7 Å². The third-order valence-electron chi connectivity index (χ3n) is 7.06. The molecule has 10 nitrogen and oxygen atoms in total. The van der Waals surface area contributed by atoms with Crippen LogP contribution in [0.2, 0.25) is 0 Å². The van der Waals surface area contributed by atoms with Gasteiger partial charge in [0, 0.05) is 43.2 Å². The van der Waals surface area contributed by atoms with Gasteiger partial charge in [-0.05, 0) is 35.9 Å². The van der Waals surface area contributed by atoms with E-state index in [1.54, 1.807) is 24.3 Å². The van der Waals surface area contributed by atoms with Gasteiger partial charge in [-0.1, -0.05) is 41.7 Å². The second-order valence-electron chi connectivity index (χ2n) is 9.95. The number of hydrogen-bond donors (Lipinski definition) is 2. The number of carbonyl (C=O) groups excluding carboxylic acids is 2. The number of carbonyl (C=O) groups is 2. The number of benzene rings is 3. The van der Waals surface area contributed by atoms with Crippen molar-refractivity contribution < 1.29 is 28.2 Å². The molecule has 0 aliphatic carbocycles. The van der Waals surface area contributed by atoms with E-state index in [4.69, 9.17) is 14.2 Å². The van der Waals surface area contributed by atoms with Gasteiger partial charge in [-0.3, -0.25) is 9.59 Å². The van der Waals surface area contributed by atoms with Crippen molar-refractivity contribution in [2.75, 3.05) is 31.7 Å². The predicted octanol–water partition coefficient (Wildman–Crippen LogP) is 3.82. The number of anilines is 1. The summed E-state index contributed by atoms with van der Waals surface area (Å²) in [5.41, 5.74) is 1.84. The molecule has 2 aliphatic heterocycles. The lowest BCUT2D eigenvalue weighted by Gasteiger charge is -2.38. The molecule has 2 N–H and O–H groups in total. The van der Waals surface area contributed by atoms with Crippen molar-refractivity contribution in [1.29, 1.82) is 0 Å². The highest BCUT2D eigenvalue weighted by molar-refractivity contribution is 7.18. The van der Waals surface area contributed by atoms with E-state index in [1.807, 2.05) is 30.3 Å². The molecule has 0 unspecified atom stereocenters. The smallest absolute Gasteiger partial charge is 0.258 e. The Hall–Kier alpha value is -4.71. The second-order valence-corrected chi connectivity index (χ2v) is 10.9. The standard InChI is InChI=1S/C30H28FN5O5S/c1-39-25-8-7-20-13-26(25)40-17-27(37)32-15-18-11-21(31)14-22(12-18)41-24-9-10-36(16-23(24)33-28(20)38)30-35-34-29(42-30)19-5-3-2-4-6-19/h2-8,11-14,23-24H,9-10,15-17H2,1H3,(H,32,37)(H,33,38)/t23-,24+/m0/s1. The number of fused-ring (bicyclic) bond motifs is 5. The number of piperidine rings is 1. The molecule has 0 radical (unpaired) electrons. The maximum Gasteiger partial charge on any atom is 0.258 e. The zero-order valence-corrected chi connectivity index (χ0v) is 23.5. The van der Waals surface area contributed by atoms with Gasteiger partial charge in [0.05, 0.1) is 13.2 Å². The lowest BCUT2D eigenvalue weighted by molar-refractivity contribution is -0.123. The average molecular weight is 590 g/mol. The quantitative estimate of drug-likeness (QED) is 0.371. The fourth-order valence-electron chi connectivity index (χ4n) is 4.97. The van der Waals surface area contributed by atoms with Crippen LogP contribution in [0.3, 0.4) is 0 Å². The number of methoxy groups -OCH3 is 1. The van der Waals surface area contributed by atoms with Gasteiger partial charge in [0.25, 0.3) is 11.8 Å². The van der Waals surface area contributed by atoms with E-state index in [1.165, 1.54) is 30.6 Å². The number of nitrogens with zero attached hydrogens (tertiary/aromatic N) is 3. The first kappa shape index (κ1) is 27.5. The number of ether oxygens (including phenoxy) is 3. The molecule has 2 amide bonds. The van der Waals surface area contributed by atoms with Gasteiger partial charge in [0.2, 0.25) is 5.13 Å². The molecular formula is C30H28FN5O5S. The highest BCUT2D eigenvalue weighted by Crippen LogP contribution is 2.32. The minimum atomic E-state index is -0.492. The summed E-state index contributed by atoms with van der Waals surface area (Å²) in [7, 11) is 1.48. The Bertz CT molecular complexity index is 1600. The summed E-state index contributed by atoms with van der Waals surface area (Å²) in [6, 6.07) is 18.5. The van der Waals surface area contributed by atoms with E-state index in [0.717, 1.165) is 15.7 Å². The maximum atomic E-state index is 14.5. The molecule has 0 spiro atoms. The molecule has 1 aromatic heterocycles. The molecule has 2 atom stereocenters. The summed E-state index contributed by atoms with van der Waals surface area (Å²) in [6.07, 6.45) is 0.0722. The minimum absolute atomic E-state index is 0.0902. The number of hydrogen-bond acceptors (Lipinski definition) is 9. The van der Waals surface area contributed by atoms with Crippen LogP contribution in [0.15, 0.2) is 66.7 Å². The summed E-state index contributed by atoms with van der Waals surface area (Å²) in [5.74, 6) is -0.318. The first-order valence-corrected chi connectivity index (χ1v) is 14.3. The van der Waals surface area contributed by atoms with Crippen LogP contribution in [-0.2, 0) is 11.3 Å². The molecule has 42 heavy (non-hydrogen) atoms. The van der Waals surface area contributed by atoms with Crippen molar-refractivity contribution >= 4 is 28.3 Å². The Morgan fingerprint density at radius 2 is 1.90 bits per heavy atom. The monoisotopic (exact) mass is 589 g/mol. The van der Waals surface area contributed by atoms with Crippen molar-refractivity contribution in [2.24, 2.45) is 0 Å². The third kappa shape index (κ3) is 6.13. The fraction of sp³-hybridized carbons (Fsp3) is 0.267. The number of halogens is 1. The van der Waals surface area contributed by atoms with Crippen LogP contribution < -0.4 is 29.7 Å². The lowest BCUT2D eigenvalue weighted by Crippen LogP contribution is -2.57. The van der Waals surface area contributed by atoms with Crippen LogP contribution in [-0.4, -0.2) is 61.0 Å². The van der Waals surface area contributed by atoms with E-state index in [9.17, 15) is 14.0 Å². The molecule has 12 heteroatoms. The van der Waals surface area contributed by atoms with E-state index in [2.05, 4.69) is 25.7 Å². The van der Waals surface area contributed by atoms with Gasteiger partial charge in [0.1, 0.15) is 22.7 Å². The van der Waals surface area contributed by atoms with Crippen LogP contribution in [0.5, 0.6) is 17.2 Å². The molecule has 6 rings (SSSR count). The van der Waals surface area contributed by atoms with Crippen molar-refractivity contribution in [2.45, 2.75) is 25.1 Å². The number of rotatable bonds is 3. The first-order chi connectivity index (χ1) is 20.4. The Morgan fingerprint density at radius 1 is 1.05 bits per heavy atom. The predicted molar refractivity (Wildman–Crippen MR) is 155 cm³/mol. The Balaban J connectivity index is 1.31.